The highest BCUT2D eigenvalue weighted by Gasteiger charge is 2.17. The van der Waals surface area contributed by atoms with Gasteiger partial charge < -0.3 is 4.98 Å². The molecule has 1 heterocycles. The second-order valence-corrected chi connectivity index (χ2v) is 5.52. The molecule has 0 amide bonds. The quantitative estimate of drug-likeness (QED) is 0.877. The lowest BCUT2D eigenvalue weighted by molar-refractivity contribution is 0.573. The summed E-state index contributed by atoms with van der Waals surface area (Å²) in [5.74, 6) is -0.507. The molecule has 1 aromatic heterocycles. The van der Waals surface area contributed by atoms with Crippen LogP contribution in [0.25, 0.3) is 0 Å². The van der Waals surface area contributed by atoms with Crippen LogP contribution in [0.5, 0.6) is 0 Å². The van der Waals surface area contributed by atoms with E-state index in [2.05, 4.69) is 9.71 Å². The summed E-state index contributed by atoms with van der Waals surface area (Å²) in [5.41, 5.74) is -0.418. The number of aromatic nitrogens is 1. The van der Waals surface area contributed by atoms with Crippen molar-refractivity contribution in [3.05, 3.63) is 64.3 Å². The van der Waals surface area contributed by atoms with Crippen LogP contribution in [0.2, 0.25) is 0 Å². The monoisotopic (exact) mass is 282 g/mol. The van der Waals surface area contributed by atoms with Crippen LogP contribution in [-0.2, 0) is 16.6 Å². The fraction of sp³-hybridized carbons (Fsp3) is 0.0833. The van der Waals surface area contributed by atoms with Crippen LogP contribution < -0.4 is 10.2 Å². The molecule has 0 fully saturated rings. The Morgan fingerprint density at radius 3 is 2.63 bits per heavy atom. The first kappa shape index (κ1) is 13.4. The highest BCUT2D eigenvalue weighted by molar-refractivity contribution is 7.89. The molecule has 0 radical (unpaired) electrons. The number of halogens is 1. The summed E-state index contributed by atoms with van der Waals surface area (Å²) < 4.78 is 39.3. The minimum atomic E-state index is -3.97. The van der Waals surface area contributed by atoms with E-state index in [1.54, 1.807) is 6.07 Å². The van der Waals surface area contributed by atoms with Gasteiger partial charge in [-0.05, 0) is 6.07 Å². The number of benzene rings is 1. The molecule has 0 saturated carbocycles. The minimum Gasteiger partial charge on any atom is -0.366 e. The lowest BCUT2D eigenvalue weighted by atomic mass is 10.2. The first-order valence-corrected chi connectivity index (χ1v) is 6.89. The van der Waals surface area contributed by atoms with Gasteiger partial charge >= 0.3 is 0 Å². The van der Waals surface area contributed by atoms with Crippen LogP contribution in [0.15, 0.2) is 52.4 Å². The van der Waals surface area contributed by atoms with Crippen molar-refractivity contribution >= 4 is 10.0 Å². The summed E-state index contributed by atoms with van der Waals surface area (Å²) >= 11 is 0. The van der Waals surface area contributed by atoms with Crippen LogP contribution in [0.1, 0.15) is 5.56 Å². The third-order valence-corrected chi connectivity index (χ3v) is 3.91. The standard InChI is InChI=1S/C12H11FN2O3S/c13-10-4-2-1-3-9(10)7-15-19(17,18)12-8-14-6-5-11(12)16/h1-6,8,15H,7H2,(H,14,16). The summed E-state index contributed by atoms with van der Waals surface area (Å²) in [5, 5.41) is 0. The Kier molecular flexibility index (Phi) is 3.77. The van der Waals surface area contributed by atoms with Gasteiger partial charge in [0.2, 0.25) is 15.5 Å². The smallest absolute Gasteiger partial charge is 0.246 e. The molecule has 0 unspecified atom stereocenters. The lowest BCUT2D eigenvalue weighted by Gasteiger charge is -2.06. The van der Waals surface area contributed by atoms with Crippen LogP contribution in [0.3, 0.4) is 0 Å². The molecule has 0 aliphatic carbocycles. The Morgan fingerprint density at radius 2 is 1.95 bits per heavy atom. The zero-order chi connectivity index (χ0) is 13.9. The fourth-order valence-electron chi connectivity index (χ4n) is 1.50. The van der Waals surface area contributed by atoms with E-state index in [1.165, 1.54) is 24.4 Å². The van der Waals surface area contributed by atoms with E-state index < -0.39 is 26.2 Å². The van der Waals surface area contributed by atoms with E-state index in [4.69, 9.17) is 0 Å². The highest BCUT2D eigenvalue weighted by atomic mass is 32.2. The minimum absolute atomic E-state index is 0.207. The largest absolute Gasteiger partial charge is 0.366 e. The first-order valence-electron chi connectivity index (χ1n) is 5.41. The van der Waals surface area contributed by atoms with Crippen molar-refractivity contribution in [2.45, 2.75) is 11.4 Å². The van der Waals surface area contributed by atoms with Crippen molar-refractivity contribution in [1.82, 2.24) is 9.71 Å². The van der Waals surface area contributed by atoms with Crippen molar-refractivity contribution < 1.29 is 12.8 Å². The maximum Gasteiger partial charge on any atom is 0.246 e. The molecular formula is C12H11FN2O3S. The molecule has 2 N–H and O–H groups in total. The van der Waals surface area contributed by atoms with E-state index in [-0.39, 0.29) is 12.1 Å². The molecular weight excluding hydrogens is 271 g/mol. The second-order valence-electron chi connectivity index (χ2n) is 3.79. The van der Waals surface area contributed by atoms with E-state index in [0.29, 0.717) is 0 Å². The van der Waals surface area contributed by atoms with Gasteiger partial charge in [-0.3, -0.25) is 4.79 Å². The molecule has 0 bridgehead atoms. The van der Waals surface area contributed by atoms with Crippen molar-refractivity contribution in [3.8, 4) is 0 Å². The topological polar surface area (TPSA) is 79.0 Å². The number of aromatic amines is 1. The van der Waals surface area contributed by atoms with Gasteiger partial charge in [0.15, 0.2) is 0 Å². The molecule has 2 aromatic rings. The van der Waals surface area contributed by atoms with Gasteiger partial charge in [0.25, 0.3) is 0 Å². The summed E-state index contributed by atoms with van der Waals surface area (Å²) in [6.45, 7) is -0.219. The predicted molar refractivity (Wildman–Crippen MR) is 67.5 cm³/mol. The Balaban J connectivity index is 2.22. The molecule has 7 heteroatoms. The number of H-pyrrole nitrogens is 1. The number of nitrogens with one attached hydrogen (secondary N) is 2. The molecule has 1 aromatic carbocycles. The van der Waals surface area contributed by atoms with Gasteiger partial charge in [-0.2, -0.15) is 0 Å². The molecule has 0 aliphatic rings. The predicted octanol–water partition coefficient (Wildman–Crippen LogP) is 0.992. The van der Waals surface area contributed by atoms with Gasteiger partial charge in [0.05, 0.1) is 0 Å². The van der Waals surface area contributed by atoms with Crippen LogP contribution in [-0.4, -0.2) is 13.4 Å². The summed E-state index contributed by atoms with van der Waals surface area (Å²) in [6, 6.07) is 6.92. The third-order valence-electron chi connectivity index (χ3n) is 2.49. The summed E-state index contributed by atoms with van der Waals surface area (Å²) in [4.78, 5) is 13.6. The molecule has 2 rings (SSSR count). The van der Waals surface area contributed by atoms with E-state index in [0.717, 1.165) is 12.3 Å². The van der Waals surface area contributed by atoms with Gasteiger partial charge in [-0.25, -0.2) is 17.5 Å². The van der Waals surface area contributed by atoms with E-state index >= 15 is 0 Å². The van der Waals surface area contributed by atoms with Gasteiger partial charge in [-0.15, -0.1) is 0 Å². The number of hydrogen-bond donors (Lipinski definition) is 2. The van der Waals surface area contributed by atoms with E-state index in [1.807, 2.05) is 0 Å². The van der Waals surface area contributed by atoms with Gasteiger partial charge in [0, 0.05) is 30.6 Å². The Morgan fingerprint density at radius 1 is 1.21 bits per heavy atom. The Bertz CT molecular complexity index is 740. The summed E-state index contributed by atoms with van der Waals surface area (Å²) in [7, 11) is -3.97. The van der Waals surface area contributed by atoms with Crippen LogP contribution in [0, 0.1) is 5.82 Å². The lowest BCUT2D eigenvalue weighted by Crippen LogP contribution is -2.28. The zero-order valence-electron chi connectivity index (χ0n) is 9.76. The molecule has 0 atom stereocenters. The molecule has 19 heavy (non-hydrogen) atoms. The molecule has 0 aliphatic heterocycles. The first-order chi connectivity index (χ1) is 9.00. The SMILES string of the molecule is O=c1cc[nH]cc1S(=O)(=O)NCc1ccccc1F. The Labute approximate surface area is 109 Å². The number of sulfonamides is 1. The zero-order valence-corrected chi connectivity index (χ0v) is 10.6. The Hall–Kier alpha value is -1.99. The molecule has 0 saturated heterocycles. The van der Waals surface area contributed by atoms with E-state index in [9.17, 15) is 17.6 Å². The summed E-state index contributed by atoms with van der Waals surface area (Å²) in [6.07, 6.45) is 2.42. The van der Waals surface area contributed by atoms with Crippen LogP contribution >= 0.6 is 0 Å². The van der Waals surface area contributed by atoms with Crippen molar-refractivity contribution in [3.63, 3.8) is 0 Å². The average molecular weight is 282 g/mol. The normalized spacial score (nSPS) is 11.4. The van der Waals surface area contributed by atoms with Crippen molar-refractivity contribution in [1.29, 1.82) is 0 Å². The van der Waals surface area contributed by atoms with Gasteiger partial charge in [-0.1, -0.05) is 18.2 Å². The number of pyridine rings is 1. The third kappa shape index (κ3) is 3.07. The fourth-order valence-corrected chi connectivity index (χ4v) is 2.56. The molecule has 0 spiro atoms. The van der Waals surface area contributed by atoms with Crippen molar-refractivity contribution in [2.24, 2.45) is 0 Å². The number of hydrogen-bond acceptors (Lipinski definition) is 3. The molecule has 100 valence electrons. The average Bonchev–Trinajstić information content (AvgIpc) is 2.38. The second kappa shape index (κ2) is 5.33. The highest BCUT2D eigenvalue weighted by Crippen LogP contribution is 2.07. The maximum atomic E-state index is 13.3. The van der Waals surface area contributed by atoms with Crippen molar-refractivity contribution in [2.75, 3.05) is 0 Å². The van der Waals surface area contributed by atoms with Gasteiger partial charge in [0.1, 0.15) is 10.7 Å². The number of rotatable bonds is 4. The maximum absolute atomic E-state index is 13.3. The molecule has 5 nitrogen and oxygen atoms in total. The van der Waals surface area contributed by atoms with Crippen LogP contribution in [0.4, 0.5) is 4.39 Å².